The van der Waals surface area contributed by atoms with Gasteiger partial charge < -0.3 is 9.80 Å². The fourth-order valence-corrected chi connectivity index (χ4v) is 2.50. The fraction of sp³-hybridized carbons (Fsp3) is 0.400. The number of H-pyrrole nitrogens is 1. The monoisotopic (exact) mass is 285 g/mol. The second-order valence-electron chi connectivity index (χ2n) is 5.07. The summed E-state index contributed by atoms with van der Waals surface area (Å²) in [6, 6.07) is 10.3. The average molecular weight is 285 g/mol. The topological polar surface area (TPSA) is 65.1 Å². The van der Waals surface area contributed by atoms with E-state index in [2.05, 4.69) is 32.2 Å². The van der Waals surface area contributed by atoms with Crippen LogP contribution < -0.4 is 4.90 Å². The molecule has 1 fully saturated rings. The molecule has 1 aromatic heterocycles. The molecule has 2 heterocycles. The van der Waals surface area contributed by atoms with Crippen LogP contribution in [0.25, 0.3) is 0 Å². The Hall–Kier alpha value is -2.37. The zero-order valence-electron chi connectivity index (χ0n) is 12.1. The second-order valence-corrected chi connectivity index (χ2v) is 5.07. The van der Waals surface area contributed by atoms with Crippen molar-refractivity contribution in [1.82, 2.24) is 20.1 Å². The first-order valence-electron chi connectivity index (χ1n) is 7.28. The first kappa shape index (κ1) is 13.6. The van der Waals surface area contributed by atoms with Crippen LogP contribution in [-0.4, -0.2) is 52.2 Å². The number of benzene rings is 1. The van der Waals surface area contributed by atoms with Crippen LogP contribution in [0, 0.1) is 0 Å². The molecule has 0 spiro atoms. The fourth-order valence-electron chi connectivity index (χ4n) is 2.50. The zero-order chi connectivity index (χ0) is 14.7. The Balaban J connectivity index is 1.61. The Labute approximate surface area is 123 Å². The van der Waals surface area contributed by atoms with Crippen LogP contribution in [0.15, 0.2) is 30.3 Å². The molecule has 0 bridgehead atoms. The van der Waals surface area contributed by atoms with Crippen molar-refractivity contribution in [1.29, 1.82) is 0 Å². The third-order valence-corrected chi connectivity index (χ3v) is 3.75. The quantitative estimate of drug-likeness (QED) is 0.924. The lowest BCUT2D eigenvalue weighted by molar-refractivity contribution is 0.0735. The standard InChI is InChI=1S/C15H19N5O/c1-2-13-16-14(18-17-13)15(21)20-10-8-19(9-11-20)12-6-4-3-5-7-12/h3-7H,2,8-11H2,1H3,(H,16,17,18). The molecule has 6 heteroatoms. The number of hydrogen-bond acceptors (Lipinski definition) is 4. The van der Waals surface area contributed by atoms with Crippen molar-refractivity contribution in [3.8, 4) is 0 Å². The van der Waals surface area contributed by atoms with Crippen LogP contribution in [0.4, 0.5) is 5.69 Å². The summed E-state index contributed by atoms with van der Waals surface area (Å²) in [6.07, 6.45) is 0.752. The molecule has 0 aliphatic carbocycles. The highest BCUT2D eigenvalue weighted by Crippen LogP contribution is 2.16. The summed E-state index contributed by atoms with van der Waals surface area (Å²) >= 11 is 0. The van der Waals surface area contributed by atoms with Gasteiger partial charge in [0.25, 0.3) is 5.91 Å². The highest BCUT2D eigenvalue weighted by Gasteiger charge is 2.24. The summed E-state index contributed by atoms with van der Waals surface area (Å²) in [7, 11) is 0. The molecule has 21 heavy (non-hydrogen) atoms. The third kappa shape index (κ3) is 2.89. The normalized spacial score (nSPS) is 15.3. The lowest BCUT2D eigenvalue weighted by Crippen LogP contribution is -2.49. The molecule has 1 aliphatic heterocycles. The molecule has 0 unspecified atom stereocenters. The van der Waals surface area contributed by atoms with Crippen molar-refractivity contribution in [3.05, 3.63) is 42.0 Å². The van der Waals surface area contributed by atoms with Crippen molar-refractivity contribution in [2.24, 2.45) is 0 Å². The predicted molar refractivity (Wildman–Crippen MR) is 80.3 cm³/mol. The number of carbonyl (C=O) groups excluding carboxylic acids is 1. The smallest absolute Gasteiger partial charge is 0.293 e. The highest BCUT2D eigenvalue weighted by atomic mass is 16.2. The number of aryl methyl sites for hydroxylation is 1. The molecule has 0 radical (unpaired) electrons. The van der Waals surface area contributed by atoms with Gasteiger partial charge in [-0.1, -0.05) is 25.1 Å². The number of para-hydroxylation sites is 1. The number of nitrogens with one attached hydrogen (secondary N) is 1. The van der Waals surface area contributed by atoms with Crippen molar-refractivity contribution in [2.45, 2.75) is 13.3 Å². The van der Waals surface area contributed by atoms with Gasteiger partial charge in [-0.2, -0.15) is 0 Å². The Morgan fingerprint density at radius 2 is 1.90 bits per heavy atom. The van der Waals surface area contributed by atoms with E-state index >= 15 is 0 Å². The molecule has 1 saturated heterocycles. The minimum absolute atomic E-state index is 0.0846. The largest absolute Gasteiger partial charge is 0.368 e. The van der Waals surface area contributed by atoms with E-state index in [4.69, 9.17) is 0 Å². The van der Waals surface area contributed by atoms with Crippen LogP contribution in [0.1, 0.15) is 23.4 Å². The summed E-state index contributed by atoms with van der Waals surface area (Å²) in [5.74, 6) is 0.944. The summed E-state index contributed by atoms with van der Waals surface area (Å²) in [4.78, 5) is 20.7. The summed E-state index contributed by atoms with van der Waals surface area (Å²) in [5.41, 5.74) is 1.20. The van der Waals surface area contributed by atoms with Crippen LogP contribution in [-0.2, 0) is 6.42 Å². The summed E-state index contributed by atoms with van der Waals surface area (Å²) in [6.45, 7) is 5.04. The van der Waals surface area contributed by atoms with Crippen LogP contribution in [0.3, 0.4) is 0 Å². The van der Waals surface area contributed by atoms with Gasteiger partial charge in [0.15, 0.2) is 0 Å². The number of nitrogens with zero attached hydrogens (tertiary/aromatic N) is 4. The van der Waals surface area contributed by atoms with Gasteiger partial charge in [0.2, 0.25) is 5.82 Å². The maximum atomic E-state index is 12.3. The molecule has 1 aliphatic rings. The molecule has 0 saturated carbocycles. The van der Waals surface area contributed by atoms with E-state index in [1.807, 2.05) is 30.0 Å². The van der Waals surface area contributed by atoms with Gasteiger partial charge in [0.05, 0.1) is 0 Å². The van der Waals surface area contributed by atoms with E-state index in [1.165, 1.54) is 5.69 Å². The lowest BCUT2D eigenvalue weighted by atomic mass is 10.2. The number of piperazine rings is 1. The molecule has 2 aromatic rings. The van der Waals surface area contributed by atoms with Gasteiger partial charge in [0, 0.05) is 38.3 Å². The van der Waals surface area contributed by atoms with E-state index in [1.54, 1.807) is 0 Å². The van der Waals surface area contributed by atoms with Crippen molar-refractivity contribution in [3.63, 3.8) is 0 Å². The number of aromatic nitrogens is 3. The number of aromatic amines is 1. The van der Waals surface area contributed by atoms with Crippen LogP contribution in [0.2, 0.25) is 0 Å². The lowest BCUT2D eigenvalue weighted by Gasteiger charge is -2.35. The minimum atomic E-state index is -0.0846. The Bertz CT molecular complexity index is 602. The van der Waals surface area contributed by atoms with Gasteiger partial charge in [-0.25, -0.2) is 4.98 Å². The molecule has 1 amide bonds. The van der Waals surface area contributed by atoms with Crippen molar-refractivity contribution in [2.75, 3.05) is 31.1 Å². The summed E-state index contributed by atoms with van der Waals surface area (Å²) < 4.78 is 0. The van der Waals surface area contributed by atoms with Crippen LogP contribution >= 0.6 is 0 Å². The number of hydrogen-bond donors (Lipinski definition) is 1. The Morgan fingerprint density at radius 3 is 2.52 bits per heavy atom. The van der Waals surface area contributed by atoms with E-state index in [0.717, 1.165) is 25.3 Å². The SMILES string of the molecule is CCc1nc(C(=O)N2CCN(c3ccccc3)CC2)n[nH]1. The first-order chi connectivity index (χ1) is 10.3. The molecule has 110 valence electrons. The molecule has 1 aromatic carbocycles. The molecule has 0 atom stereocenters. The molecule has 1 N–H and O–H groups in total. The molecule has 6 nitrogen and oxygen atoms in total. The molecule has 3 rings (SSSR count). The van der Waals surface area contributed by atoms with E-state index in [0.29, 0.717) is 13.1 Å². The van der Waals surface area contributed by atoms with Gasteiger partial charge in [0.1, 0.15) is 5.82 Å². The van der Waals surface area contributed by atoms with Gasteiger partial charge in [-0.15, -0.1) is 5.10 Å². The van der Waals surface area contributed by atoms with Crippen molar-refractivity contribution >= 4 is 11.6 Å². The maximum Gasteiger partial charge on any atom is 0.293 e. The Kier molecular flexibility index (Phi) is 3.85. The van der Waals surface area contributed by atoms with E-state index in [9.17, 15) is 4.79 Å². The van der Waals surface area contributed by atoms with Gasteiger partial charge >= 0.3 is 0 Å². The molecular formula is C15H19N5O. The van der Waals surface area contributed by atoms with E-state index in [-0.39, 0.29) is 11.7 Å². The minimum Gasteiger partial charge on any atom is -0.368 e. The van der Waals surface area contributed by atoms with Gasteiger partial charge in [-0.3, -0.25) is 9.89 Å². The van der Waals surface area contributed by atoms with Crippen LogP contribution in [0.5, 0.6) is 0 Å². The van der Waals surface area contributed by atoms with E-state index < -0.39 is 0 Å². The molecular weight excluding hydrogens is 266 g/mol. The summed E-state index contributed by atoms with van der Waals surface area (Å²) in [5, 5.41) is 6.79. The maximum absolute atomic E-state index is 12.3. The zero-order valence-corrected chi connectivity index (χ0v) is 12.1. The number of rotatable bonds is 3. The third-order valence-electron chi connectivity index (χ3n) is 3.75. The highest BCUT2D eigenvalue weighted by molar-refractivity contribution is 5.90. The number of amides is 1. The van der Waals surface area contributed by atoms with Gasteiger partial charge in [-0.05, 0) is 12.1 Å². The Morgan fingerprint density at radius 1 is 1.19 bits per heavy atom. The predicted octanol–water partition coefficient (Wildman–Crippen LogP) is 1.33. The average Bonchev–Trinajstić information content (AvgIpc) is 3.04. The second kappa shape index (κ2) is 5.95. The number of carbonyl (C=O) groups is 1. The number of anilines is 1. The first-order valence-corrected chi connectivity index (χ1v) is 7.28. The van der Waals surface area contributed by atoms with Crippen molar-refractivity contribution < 1.29 is 4.79 Å².